The minimum Gasteiger partial charge on any atom is -0.497 e. The van der Waals surface area contributed by atoms with Gasteiger partial charge in [0.15, 0.2) is 0 Å². The lowest BCUT2D eigenvalue weighted by Gasteiger charge is -2.14. The number of halogens is 1. The van der Waals surface area contributed by atoms with Gasteiger partial charge in [0.05, 0.1) is 41.8 Å². The number of methoxy groups -OCH3 is 1. The molecule has 0 aliphatic heterocycles. The third-order valence-electron chi connectivity index (χ3n) is 4.57. The molecular weight excluding hydrogens is 450 g/mol. The Balaban J connectivity index is 1.77. The van der Waals surface area contributed by atoms with Gasteiger partial charge in [-0.3, -0.25) is 4.79 Å². The molecule has 0 spiro atoms. The maximum absolute atomic E-state index is 13.2. The zero-order valence-electron chi connectivity index (χ0n) is 17.1. The molecule has 0 saturated heterocycles. The number of carbonyl (C=O) groups excluding carboxylic acids is 1. The quantitative estimate of drug-likeness (QED) is 0.509. The molecule has 3 aromatic rings. The molecule has 0 heterocycles. The molecule has 164 valence electrons. The molecule has 0 aliphatic carbocycles. The monoisotopic (exact) mass is 469 g/mol. The van der Waals surface area contributed by atoms with Crippen LogP contribution in [-0.4, -0.2) is 28.0 Å². The van der Waals surface area contributed by atoms with Crippen molar-refractivity contribution in [1.82, 2.24) is 0 Å². The fourth-order valence-corrected chi connectivity index (χ4v) is 4.94. The van der Waals surface area contributed by atoms with E-state index in [2.05, 4.69) is 16.7 Å². The van der Waals surface area contributed by atoms with Gasteiger partial charge in [-0.1, -0.05) is 29.8 Å². The number of hydrogen-bond donors (Lipinski definition) is 2. The highest BCUT2D eigenvalue weighted by Gasteiger charge is 2.25. The standard InChI is InChI=1S/C23H20ClN3O4S/c1-31-18-9-11-19(12-10-18)32(29,30)23-20(24)3-2-4-21(23)26-15-22(28)27-17-7-5-16(6-8-17)13-14-25/h2-12,26H,13,15H2,1H3,(H,27,28). The molecule has 2 N–H and O–H groups in total. The molecule has 3 rings (SSSR count). The van der Waals surface area contributed by atoms with E-state index < -0.39 is 9.84 Å². The highest BCUT2D eigenvalue weighted by Crippen LogP contribution is 2.34. The number of rotatable bonds is 8. The third-order valence-corrected chi connectivity index (χ3v) is 6.86. The second kappa shape index (κ2) is 10.2. The van der Waals surface area contributed by atoms with Crippen LogP contribution >= 0.6 is 11.6 Å². The van der Waals surface area contributed by atoms with Crippen LogP contribution in [-0.2, 0) is 21.1 Å². The highest BCUT2D eigenvalue weighted by atomic mass is 35.5. The van der Waals surface area contributed by atoms with E-state index in [0.29, 0.717) is 11.4 Å². The molecule has 1 amide bonds. The van der Waals surface area contributed by atoms with Crippen LogP contribution in [0.2, 0.25) is 5.02 Å². The van der Waals surface area contributed by atoms with Crippen LogP contribution in [0.4, 0.5) is 11.4 Å². The zero-order chi connectivity index (χ0) is 23.1. The number of carbonyl (C=O) groups is 1. The van der Waals surface area contributed by atoms with Crippen LogP contribution in [0.25, 0.3) is 0 Å². The van der Waals surface area contributed by atoms with Crippen LogP contribution in [0.1, 0.15) is 5.56 Å². The molecular formula is C23H20ClN3O4S. The number of hydrogen-bond acceptors (Lipinski definition) is 6. The summed E-state index contributed by atoms with van der Waals surface area (Å²) in [5.74, 6) is 0.157. The van der Waals surface area contributed by atoms with E-state index in [9.17, 15) is 13.2 Å². The van der Waals surface area contributed by atoms with E-state index in [0.717, 1.165) is 5.56 Å². The SMILES string of the molecule is COc1ccc(S(=O)(=O)c2c(Cl)cccc2NCC(=O)Nc2ccc(CC#N)cc2)cc1. The van der Waals surface area contributed by atoms with Gasteiger partial charge in [-0.25, -0.2) is 8.42 Å². The lowest BCUT2D eigenvalue weighted by molar-refractivity contribution is -0.114. The molecule has 9 heteroatoms. The van der Waals surface area contributed by atoms with Gasteiger partial charge in [-0.05, 0) is 54.1 Å². The van der Waals surface area contributed by atoms with Crippen molar-refractivity contribution in [2.45, 2.75) is 16.2 Å². The summed E-state index contributed by atoms with van der Waals surface area (Å²) < 4.78 is 31.5. The van der Waals surface area contributed by atoms with Gasteiger partial charge in [-0.2, -0.15) is 5.26 Å². The van der Waals surface area contributed by atoms with Crippen molar-refractivity contribution >= 4 is 38.7 Å². The zero-order valence-corrected chi connectivity index (χ0v) is 18.7. The van der Waals surface area contributed by atoms with Crippen molar-refractivity contribution in [3.63, 3.8) is 0 Å². The Hall–Kier alpha value is -3.54. The average Bonchev–Trinajstić information content (AvgIpc) is 2.79. The first-order chi connectivity index (χ1) is 15.3. The first-order valence-corrected chi connectivity index (χ1v) is 11.4. The van der Waals surface area contributed by atoms with Gasteiger partial charge in [-0.15, -0.1) is 0 Å². The average molecular weight is 470 g/mol. The summed E-state index contributed by atoms with van der Waals surface area (Å²) in [6.07, 6.45) is 0.288. The largest absolute Gasteiger partial charge is 0.497 e. The second-order valence-corrected chi connectivity index (χ2v) is 9.02. The van der Waals surface area contributed by atoms with Gasteiger partial charge < -0.3 is 15.4 Å². The Morgan fingerprint density at radius 1 is 1.06 bits per heavy atom. The van der Waals surface area contributed by atoms with Crippen LogP contribution in [0.15, 0.2) is 76.5 Å². The second-order valence-electron chi connectivity index (χ2n) is 6.73. The van der Waals surface area contributed by atoms with Gasteiger partial charge >= 0.3 is 0 Å². The number of anilines is 2. The maximum atomic E-state index is 13.2. The summed E-state index contributed by atoms with van der Waals surface area (Å²) in [5.41, 5.74) is 1.62. The molecule has 0 unspecified atom stereocenters. The van der Waals surface area contributed by atoms with E-state index in [4.69, 9.17) is 21.6 Å². The fraction of sp³-hybridized carbons (Fsp3) is 0.130. The van der Waals surface area contributed by atoms with E-state index in [1.54, 1.807) is 48.5 Å². The number of ether oxygens (including phenoxy) is 1. The first kappa shape index (κ1) is 23.1. The van der Waals surface area contributed by atoms with Gasteiger partial charge in [0, 0.05) is 5.69 Å². The normalized spacial score (nSPS) is 10.8. The maximum Gasteiger partial charge on any atom is 0.243 e. The fourth-order valence-electron chi connectivity index (χ4n) is 2.97. The van der Waals surface area contributed by atoms with Crippen molar-refractivity contribution in [3.05, 3.63) is 77.3 Å². The Kier molecular flexibility index (Phi) is 7.36. The first-order valence-electron chi connectivity index (χ1n) is 9.52. The minimum absolute atomic E-state index is 0.0410. The summed E-state index contributed by atoms with van der Waals surface area (Å²) in [6, 6.07) is 19.6. The summed E-state index contributed by atoms with van der Waals surface area (Å²) in [6.45, 7) is -0.175. The van der Waals surface area contributed by atoms with Crippen LogP contribution in [0.5, 0.6) is 5.75 Å². The summed E-state index contributed by atoms with van der Waals surface area (Å²) in [5, 5.41) is 14.3. The van der Waals surface area contributed by atoms with Crippen LogP contribution < -0.4 is 15.4 Å². The highest BCUT2D eigenvalue weighted by molar-refractivity contribution is 7.91. The van der Waals surface area contributed by atoms with Crippen molar-refractivity contribution in [2.75, 3.05) is 24.3 Å². The Morgan fingerprint density at radius 3 is 2.38 bits per heavy atom. The Morgan fingerprint density at radius 2 is 1.75 bits per heavy atom. The number of nitriles is 1. The van der Waals surface area contributed by atoms with E-state index in [-0.39, 0.29) is 39.4 Å². The topological polar surface area (TPSA) is 108 Å². The summed E-state index contributed by atoms with van der Waals surface area (Å²) in [7, 11) is -2.46. The van der Waals surface area contributed by atoms with Gasteiger partial charge in [0.2, 0.25) is 15.7 Å². The van der Waals surface area contributed by atoms with Crippen molar-refractivity contribution in [3.8, 4) is 11.8 Å². The number of amides is 1. The Labute approximate surface area is 191 Å². The van der Waals surface area contributed by atoms with Crippen molar-refractivity contribution < 1.29 is 17.9 Å². The molecule has 0 aromatic heterocycles. The predicted octanol–water partition coefficient (Wildman–Crippen LogP) is 4.30. The predicted molar refractivity (Wildman–Crippen MR) is 123 cm³/mol. The summed E-state index contributed by atoms with van der Waals surface area (Å²) in [4.78, 5) is 12.3. The lowest BCUT2D eigenvalue weighted by atomic mass is 10.1. The summed E-state index contributed by atoms with van der Waals surface area (Å²) >= 11 is 6.24. The van der Waals surface area contributed by atoms with E-state index >= 15 is 0 Å². The molecule has 0 fully saturated rings. The molecule has 3 aromatic carbocycles. The van der Waals surface area contributed by atoms with E-state index in [1.165, 1.54) is 25.3 Å². The van der Waals surface area contributed by atoms with Crippen LogP contribution in [0, 0.1) is 11.3 Å². The lowest BCUT2D eigenvalue weighted by Crippen LogP contribution is -2.22. The molecule has 0 atom stereocenters. The molecule has 0 radical (unpaired) electrons. The molecule has 0 aliphatic rings. The van der Waals surface area contributed by atoms with Crippen LogP contribution in [0.3, 0.4) is 0 Å². The Bertz CT molecular complexity index is 1250. The molecule has 7 nitrogen and oxygen atoms in total. The van der Waals surface area contributed by atoms with E-state index in [1.807, 2.05) is 0 Å². The number of nitrogens with zero attached hydrogens (tertiary/aromatic N) is 1. The van der Waals surface area contributed by atoms with Gasteiger partial charge in [0.1, 0.15) is 10.6 Å². The minimum atomic E-state index is -3.95. The number of sulfone groups is 1. The third kappa shape index (κ3) is 5.38. The van der Waals surface area contributed by atoms with Gasteiger partial charge in [0.25, 0.3) is 0 Å². The molecule has 32 heavy (non-hydrogen) atoms. The molecule has 0 saturated carbocycles. The number of nitrogens with one attached hydrogen (secondary N) is 2. The van der Waals surface area contributed by atoms with Crippen molar-refractivity contribution in [1.29, 1.82) is 5.26 Å². The molecule has 0 bridgehead atoms. The smallest absolute Gasteiger partial charge is 0.243 e. The number of benzene rings is 3. The van der Waals surface area contributed by atoms with Crippen molar-refractivity contribution in [2.24, 2.45) is 0 Å².